The van der Waals surface area contributed by atoms with Gasteiger partial charge in [-0.3, -0.25) is 0 Å². The van der Waals surface area contributed by atoms with E-state index in [1.165, 1.54) is 44.5 Å². The summed E-state index contributed by atoms with van der Waals surface area (Å²) >= 11 is 0. The number of para-hydroxylation sites is 2. The van der Waals surface area contributed by atoms with Crippen LogP contribution in [0.5, 0.6) is 0 Å². The van der Waals surface area contributed by atoms with E-state index in [0.717, 1.165) is 50.1 Å². The molecular weight excluding hydrogens is 679 g/mol. The number of furan rings is 1. The molecule has 56 heavy (non-hydrogen) atoms. The molecule has 0 atom stereocenters. The van der Waals surface area contributed by atoms with Gasteiger partial charge in [0.25, 0.3) is 0 Å². The van der Waals surface area contributed by atoms with Gasteiger partial charge in [0, 0.05) is 22.1 Å². The molecule has 0 unspecified atom stereocenters. The van der Waals surface area contributed by atoms with E-state index in [2.05, 4.69) is 217 Å². The van der Waals surface area contributed by atoms with Gasteiger partial charge >= 0.3 is 0 Å². The number of rotatable bonds is 8. The molecule has 0 saturated heterocycles. The van der Waals surface area contributed by atoms with Crippen molar-refractivity contribution >= 4 is 39.0 Å². The number of hydrogen-bond acceptors (Lipinski definition) is 2. The molecule has 0 amide bonds. The summed E-state index contributed by atoms with van der Waals surface area (Å²) in [4.78, 5) is 2.32. The topological polar surface area (TPSA) is 16.4 Å². The molecule has 0 aliphatic heterocycles. The van der Waals surface area contributed by atoms with Gasteiger partial charge in [0.1, 0.15) is 5.58 Å². The van der Waals surface area contributed by atoms with E-state index in [9.17, 15) is 0 Å². The molecule has 1 heterocycles. The van der Waals surface area contributed by atoms with Crippen LogP contribution in [0.1, 0.15) is 0 Å². The van der Waals surface area contributed by atoms with Crippen LogP contribution in [0.25, 0.3) is 77.6 Å². The molecule has 0 spiro atoms. The number of hydrogen-bond donors (Lipinski definition) is 0. The third kappa shape index (κ3) is 6.04. The van der Waals surface area contributed by atoms with E-state index in [1.54, 1.807) is 0 Å². The van der Waals surface area contributed by atoms with Crippen molar-refractivity contribution in [3.63, 3.8) is 0 Å². The van der Waals surface area contributed by atoms with Crippen LogP contribution in [-0.2, 0) is 0 Å². The zero-order chi connectivity index (χ0) is 37.3. The molecule has 2 nitrogen and oxygen atoms in total. The van der Waals surface area contributed by atoms with Crippen LogP contribution in [0.15, 0.2) is 229 Å². The van der Waals surface area contributed by atoms with Gasteiger partial charge in [0.05, 0.1) is 5.69 Å². The fourth-order valence-electron chi connectivity index (χ4n) is 8.09. The maximum Gasteiger partial charge on any atom is 0.159 e. The lowest BCUT2D eigenvalue weighted by Crippen LogP contribution is -2.10. The van der Waals surface area contributed by atoms with Crippen molar-refractivity contribution in [2.24, 2.45) is 0 Å². The predicted octanol–water partition coefficient (Wildman–Crippen LogP) is 15.4. The van der Waals surface area contributed by atoms with Crippen molar-refractivity contribution in [2.45, 2.75) is 0 Å². The van der Waals surface area contributed by atoms with E-state index >= 15 is 0 Å². The smallest absolute Gasteiger partial charge is 0.159 e. The molecule has 0 saturated carbocycles. The van der Waals surface area contributed by atoms with Crippen molar-refractivity contribution < 1.29 is 4.42 Å². The van der Waals surface area contributed by atoms with Crippen molar-refractivity contribution in [2.75, 3.05) is 4.90 Å². The number of fused-ring (bicyclic) bond motifs is 3. The molecule has 0 radical (unpaired) electrons. The Morgan fingerprint density at radius 2 is 0.696 bits per heavy atom. The summed E-state index contributed by atoms with van der Waals surface area (Å²) in [5.74, 6) is 0. The zero-order valence-corrected chi connectivity index (χ0v) is 30.7. The minimum atomic E-state index is 0.858. The molecule has 10 rings (SSSR count). The molecule has 0 aliphatic carbocycles. The maximum atomic E-state index is 6.65. The van der Waals surface area contributed by atoms with Crippen LogP contribution in [0.2, 0.25) is 0 Å². The second-order valence-corrected chi connectivity index (χ2v) is 14.1. The molecule has 9 aromatic carbocycles. The zero-order valence-electron chi connectivity index (χ0n) is 30.7. The second kappa shape index (κ2) is 14.4. The van der Waals surface area contributed by atoms with Gasteiger partial charge < -0.3 is 9.32 Å². The monoisotopic (exact) mass is 715 g/mol. The van der Waals surface area contributed by atoms with E-state index in [-0.39, 0.29) is 0 Å². The fraction of sp³-hybridized carbons (Fsp3) is 0. The summed E-state index contributed by atoms with van der Waals surface area (Å²) in [5.41, 5.74) is 16.7. The minimum absolute atomic E-state index is 0.858. The lowest BCUT2D eigenvalue weighted by molar-refractivity contribution is 0.669. The number of nitrogens with zero attached hydrogens (tertiary/aromatic N) is 1. The SMILES string of the molecule is c1ccc(-c2ccccc2-c2ccc(N(c3ccc(-c4c(-c5ccccc5)cccc4-c4ccccc4)cc3)c3cccc4c3oc3ccccc34)cc2)cc1. The van der Waals surface area contributed by atoms with Crippen LogP contribution in [0, 0.1) is 0 Å². The first-order valence-electron chi connectivity index (χ1n) is 19.1. The van der Waals surface area contributed by atoms with Crippen LogP contribution >= 0.6 is 0 Å². The van der Waals surface area contributed by atoms with Crippen LogP contribution in [0.3, 0.4) is 0 Å². The second-order valence-electron chi connectivity index (χ2n) is 14.1. The largest absolute Gasteiger partial charge is 0.454 e. The van der Waals surface area contributed by atoms with Crippen molar-refractivity contribution in [1.82, 2.24) is 0 Å². The van der Waals surface area contributed by atoms with Crippen molar-refractivity contribution in [3.05, 3.63) is 224 Å². The molecule has 0 aliphatic rings. The highest BCUT2D eigenvalue weighted by atomic mass is 16.3. The van der Waals surface area contributed by atoms with Gasteiger partial charge in [0.15, 0.2) is 5.58 Å². The Labute approximate surface area is 327 Å². The average Bonchev–Trinajstić information content (AvgIpc) is 3.67. The third-order valence-corrected chi connectivity index (χ3v) is 10.7. The van der Waals surface area contributed by atoms with Gasteiger partial charge in [-0.1, -0.05) is 188 Å². The predicted molar refractivity (Wildman–Crippen MR) is 236 cm³/mol. The highest BCUT2D eigenvalue weighted by Crippen LogP contribution is 2.45. The summed E-state index contributed by atoms with van der Waals surface area (Å²) in [6.07, 6.45) is 0. The van der Waals surface area contributed by atoms with E-state index in [0.29, 0.717) is 0 Å². The fourth-order valence-corrected chi connectivity index (χ4v) is 8.09. The summed E-state index contributed by atoms with van der Waals surface area (Å²) in [7, 11) is 0. The van der Waals surface area contributed by atoms with E-state index < -0.39 is 0 Å². The van der Waals surface area contributed by atoms with Crippen molar-refractivity contribution in [3.8, 4) is 55.6 Å². The summed E-state index contributed by atoms with van der Waals surface area (Å²) in [5, 5.41) is 2.20. The first kappa shape index (κ1) is 33.2. The first-order valence-corrected chi connectivity index (χ1v) is 19.1. The molecule has 264 valence electrons. The average molecular weight is 716 g/mol. The lowest BCUT2D eigenvalue weighted by atomic mass is 9.87. The Kier molecular flexibility index (Phi) is 8.55. The molecule has 0 fully saturated rings. The molecule has 0 bridgehead atoms. The Hall–Kier alpha value is -7.42. The third-order valence-electron chi connectivity index (χ3n) is 10.7. The molecule has 2 heteroatoms. The quantitative estimate of drug-likeness (QED) is 0.156. The Morgan fingerprint density at radius 3 is 1.27 bits per heavy atom. The van der Waals surface area contributed by atoms with Gasteiger partial charge in [0.2, 0.25) is 0 Å². The summed E-state index contributed by atoms with van der Waals surface area (Å²) in [6, 6.07) is 79.9. The minimum Gasteiger partial charge on any atom is -0.454 e. The van der Waals surface area contributed by atoms with Gasteiger partial charge in [-0.15, -0.1) is 0 Å². The molecule has 10 aromatic rings. The molecule has 1 aromatic heterocycles. The number of benzene rings is 9. The lowest BCUT2D eigenvalue weighted by Gasteiger charge is -2.26. The maximum absolute atomic E-state index is 6.65. The first-order chi connectivity index (χ1) is 27.8. The van der Waals surface area contributed by atoms with Crippen LogP contribution in [0.4, 0.5) is 17.1 Å². The Bertz CT molecular complexity index is 2870. The molecular formula is C54H37NO. The normalized spacial score (nSPS) is 11.2. The van der Waals surface area contributed by atoms with Gasteiger partial charge in [-0.25, -0.2) is 0 Å². The summed E-state index contributed by atoms with van der Waals surface area (Å²) < 4.78 is 6.65. The van der Waals surface area contributed by atoms with Gasteiger partial charge in [-0.2, -0.15) is 0 Å². The molecule has 0 N–H and O–H groups in total. The standard InChI is InChI=1S/C54H37NO/c1-4-16-38(17-5-1)45-22-10-11-23-46(45)41-30-34-43(35-31-41)55(51-28-15-27-50-49-24-12-13-29-52(49)56-54(50)51)44-36-32-42(33-37-44)53-47(39-18-6-2-7-19-39)25-14-26-48(53)40-20-8-3-9-21-40/h1-37H. The highest BCUT2D eigenvalue weighted by molar-refractivity contribution is 6.10. The van der Waals surface area contributed by atoms with E-state index in [1.807, 2.05) is 12.1 Å². The van der Waals surface area contributed by atoms with Crippen LogP contribution < -0.4 is 4.90 Å². The highest BCUT2D eigenvalue weighted by Gasteiger charge is 2.21. The van der Waals surface area contributed by atoms with Gasteiger partial charge in [-0.05, 0) is 92.0 Å². The summed E-state index contributed by atoms with van der Waals surface area (Å²) in [6.45, 7) is 0. The van der Waals surface area contributed by atoms with Crippen molar-refractivity contribution in [1.29, 1.82) is 0 Å². The van der Waals surface area contributed by atoms with E-state index in [4.69, 9.17) is 4.42 Å². The Balaban J connectivity index is 1.12. The number of anilines is 3. The Morgan fingerprint density at radius 1 is 0.286 bits per heavy atom. The van der Waals surface area contributed by atoms with Crippen LogP contribution in [-0.4, -0.2) is 0 Å².